The van der Waals surface area contributed by atoms with Crippen LogP contribution in [-0.4, -0.2) is 29.1 Å². The number of rotatable bonds is 4. The first-order valence-electron chi connectivity index (χ1n) is 10.4. The monoisotopic (exact) mass is 474 g/mol. The minimum atomic E-state index is -0.863. The molecule has 0 radical (unpaired) electrons. The second-order valence-electron chi connectivity index (χ2n) is 7.70. The highest BCUT2D eigenvalue weighted by Crippen LogP contribution is 2.27. The highest BCUT2D eigenvalue weighted by atomic mass is 19.1. The van der Waals surface area contributed by atoms with Crippen LogP contribution in [0.5, 0.6) is 0 Å². The van der Waals surface area contributed by atoms with E-state index in [1.165, 1.54) is 39.6 Å². The summed E-state index contributed by atoms with van der Waals surface area (Å²) in [4.78, 5) is 26.4. The molecule has 0 aliphatic carbocycles. The lowest BCUT2D eigenvalue weighted by Gasteiger charge is -2.12. The Labute approximate surface area is 193 Å². The molecule has 0 aliphatic rings. The van der Waals surface area contributed by atoms with E-state index in [1.54, 1.807) is 24.4 Å². The number of nitrogens with zero attached hydrogens (tertiary/aromatic N) is 6. The first kappa shape index (κ1) is 20.8. The van der Waals surface area contributed by atoms with Gasteiger partial charge in [-0.25, -0.2) is 18.2 Å². The second-order valence-corrected chi connectivity index (χ2v) is 7.70. The SMILES string of the molecule is O=c1c2c(-c3nc(-c4ccc(F)cc4F)no3)ncn2c2ccc(F)cc2n1Cc1ccccn1. The van der Waals surface area contributed by atoms with Crippen LogP contribution in [0.1, 0.15) is 5.69 Å². The van der Waals surface area contributed by atoms with Crippen molar-refractivity contribution in [2.24, 2.45) is 0 Å². The molecule has 4 heterocycles. The molecule has 0 spiro atoms. The summed E-state index contributed by atoms with van der Waals surface area (Å²) < 4.78 is 49.8. The van der Waals surface area contributed by atoms with E-state index in [2.05, 4.69) is 20.1 Å². The van der Waals surface area contributed by atoms with Crippen molar-refractivity contribution in [1.29, 1.82) is 0 Å². The first-order valence-corrected chi connectivity index (χ1v) is 10.4. The van der Waals surface area contributed by atoms with Crippen LogP contribution >= 0.6 is 0 Å². The van der Waals surface area contributed by atoms with Gasteiger partial charge in [0, 0.05) is 12.3 Å². The molecule has 11 heteroatoms. The Hall–Kier alpha value is -4.80. The Morgan fingerprint density at radius 3 is 2.54 bits per heavy atom. The lowest BCUT2D eigenvalue weighted by Crippen LogP contribution is -2.24. The smallest absolute Gasteiger partial charge is 0.279 e. The molecule has 6 rings (SSSR count). The zero-order valence-corrected chi connectivity index (χ0v) is 17.7. The summed E-state index contributed by atoms with van der Waals surface area (Å²) in [5.41, 5.74) is 1.06. The molecule has 0 saturated carbocycles. The fourth-order valence-corrected chi connectivity index (χ4v) is 3.96. The Morgan fingerprint density at radius 1 is 0.914 bits per heavy atom. The quantitative estimate of drug-likeness (QED) is 0.380. The molecule has 0 bridgehead atoms. The van der Waals surface area contributed by atoms with Gasteiger partial charge in [-0.05, 0) is 42.5 Å². The third kappa shape index (κ3) is 3.44. The highest BCUT2D eigenvalue weighted by Gasteiger charge is 2.23. The van der Waals surface area contributed by atoms with E-state index in [-0.39, 0.29) is 35.0 Å². The molecule has 35 heavy (non-hydrogen) atoms. The predicted octanol–water partition coefficient (Wildman–Crippen LogP) is 4.23. The van der Waals surface area contributed by atoms with Gasteiger partial charge in [-0.2, -0.15) is 4.98 Å². The van der Waals surface area contributed by atoms with E-state index >= 15 is 0 Å². The first-order chi connectivity index (χ1) is 17.0. The highest BCUT2D eigenvalue weighted by molar-refractivity contribution is 5.83. The molecular formula is C24H13F3N6O2. The Morgan fingerprint density at radius 2 is 1.74 bits per heavy atom. The average molecular weight is 474 g/mol. The fraction of sp³-hybridized carbons (Fsp3) is 0.0417. The molecule has 0 atom stereocenters. The second kappa shape index (κ2) is 7.90. The summed E-state index contributed by atoms with van der Waals surface area (Å²) in [5, 5.41) is 3.77. The summed E-state index contributed by atoms with van der Waals surface area (Å²) in [6.07, 6.45) is 2.99. The maximum atomic E-state index is 14.2. The molecule has 0 N–H and O–H groups in total. The molecule has 4 aromatic heterocycles. The largest absolute Gasteiger partial charge is 0.332 e. The number of pyridine rings is 1. The van der Waals surface area contributed by atoms with Crippen molar-refractivity contribution >= 4 is 16.6 Å². The summed E-state index contributed by atoms with van der Waals surface area (Å²) in [6.45, 7) is 0.0800. The Kier molecular flexibility index (Phi) is 4.69. The van der Waals surface area contributed by atoms with Crippen molar-refractivity contribution in [2.45, 2.75) is 6.54 Å². The molecule has 0 aliphatic heterocycles. The molecule has 172 valence electrons. The summed E-state index contributed by atoms with van der Waals surface area (Å²) in [6, 6.07) is 12.3. The van der Waals surface area contributed by atoms with Crippen molar-refractivity contribution in [2.75, 3.05) is 0 Å². The normalized spacial score (nSPS) is 11.5. The van der Waals surface area contributed by atoms with Crippen molar-refractivity contribution in [3.63, 3.8) is 0 Å². The van der Waals surface area contributed by atoms with E-state index in [4.69, 9.17) is 4.52 Å². The fourth-order valence-electron chi connectivity index (χ4n) is 3.96. The van der Waals surface area contributed by atoms with E-state index in [9.17, 15) is 18.0 Å². The van der Waals surface area contributed by atoms with Crippen molar-refractivity contribution in [3.8, 4) is 23.0 Å². The molecule has 0 fully saturated rings. The summed E-state index contributed by atoms with van der Waals surface area (Å²) in [5.74, 6) is -2.37. The maximum Gasteiger partial charge on any atom is 0.279 e. The van der Waals surface area contributed by atoms with Crippen molar-refractivity contribution in [3.05, 3.63) is 101 Å². The van der Waals surface area contributed by atoms with Gasteiger partial charge in [-0.3, -0.25) is 18.7 Å². The maximum absolute atomic E-state index is 14.2. The van der Waals surface area contributed by atoms with Crippen LogP contribution in [-0.2, 0) is 6.54 Å². The van der Waals surface area contributed by atoms with Gasteiger partial charge in [-0.15, -0.1) is 0 Å². The van der Waals surface area contributed by atoms with E-state index in [0.29, 0.717) is 22.8 Å². The zero-order chi connectivity index (χ0) is 24.1. The Balaban J connectivity index is 1.57. The molecule has 0 saturated heterocycles. The summed E-state index contributed by atoms with van der Waals surface area (Å²) in [7, 11) is 0. The van der Waals surface area contributed by atoms with Gasteiger partial charge in [0.2, 0.25) is 5.82 Å². The van der Waals surface area contributed by atoms with Crippen LogP contribution in [0.25, 0.3) is 39.5 Å². The van der Waals surface area contributed by atoms with Crippen LogP contribution in [0.4, 0.5) is 13.2 Å². The predicted molar refractivity (Wildman–Crippen MR) is 119 cm³/mol. The Bertz CT molecular complexity index is 1790. The van der Waals surface area contributed by atoms with Gasteiger partial charge in [0.15, 0.2) is 5.69 Å². The number of hydrogen-bond donors (Lipinski definition) is 0. The van der Waals surface area contributed by atoms with Gasteiger partial charge in [-0.1, -0.05) is 11.2 Å². The molecule has 6 aromatic rings. The molecule has 0 unspecified atom stereocenters. The number of fused-ring (bicyclic) bond motifs is 3. The van der Waals surface area contributed by atoms with Gasteiger partial charge >= 0.3 is 0 Å². The van der Waals surface area contributed by atoms with Crippen LogP contribution in [0, 0.1) is 17.5 Å². The third-order valence-corrected chi connectivity index (χ3v) is 5.55. The lowest BCUT2D eigenvalue weighted by atomic mass is 10.2. The van der Waals surface area contributed by atoms with Crippen LogP contribution in [0.2, 0.25) is 0 Å². The standard InChI is InChI=1S/C24H13F3N6O2/c25-13-4-6-16(17(27)9-13)22-30-23(35-31-22)20-21-24(34)32(11-15-3-1-2-8-28-15)19-10-14(26)5-7-18(19)33(21)12-29-20/h1-10,12H,11H2. The van der Waals surface area contributed by atoms with E-state index in [0.717, 1.165) is 6.07 Å². The van der Waals surface area contributed by atoms with Crippen molar-refractivity contribution in [1.82, 2.24) is 29.1 Å². The minimum absolute atomic E-state index is 0.0669. The van der Waals surface area contributed by atoms with Crippen molar-refractivity contribution < 1.29 is 17.7 Å². The van der Waals surface area contributed by atoms with Crippen LogP contribution in [0.3, 0.4) is 0 Å². The molecule has 8 nitrogen and oxygen atoms in total. The van der Waals surface area contributed by atoms with E-state index < -0.39 is 23.0 Å². The van der Waals surface area contributed by atoms with Crippen LogP contribution in [0.15, 0.2) is 76.4 Å². The van der Waals surface area contributed by atoms with Gasteiger partial charge in [0.05, 0.1) is 28.8 Å². The number of benzene rings is 2. The number of halogens is 3. The lowest BCUT2D eigenvalue weighted by molar-refractivity contribution is 0.431. The topological polar surface area (TPSA) is 91.1 Å². The minimum Gasteiger partial charge on any atom is -0.332 e. The zero-order valence-electron chi connectivity index (χ0n) is 17.7. The number of hydrogen-bond acceptors (Lipinski definition) is 6. The van der Waals surface area contributed by atoms with Gasteiger partial charge in [0.25, 0.3) is 11.4 Å². The third-order valence-electron chi connectivity index (χ3n) is 5.55. The molecule has 0 amide bonds. The van der Waals surface area contributed by atoms with Gasteiger partial charge in [0.1, 0.15) is 29.3 Å². The van der Waals surface area contributed by atoms with Gasteiger partial charge < -0.3 is 4.52 Å². The number of imidazole rings is 1. The number of aromatic nitrogens is 6. The average Bonchev–Trinajstić information content (AvgIpc) is 3.50. The molecular weight excluding hydrogens is 461 g/mol. The van der Waals surface area contributed by atoms with E-state index in [1.807, 2.05) is 0 Å². The molecule has 2 aromatic carbocycles. The summed E-state index contributed by atoms with van der Waals surface area (Å²) >= 11 is 0. The van der Waals surface area contributed by atoms with Crippen LogP contribution < -0.4 is 5.56 Å².